The Morgan fingerprint density at radius 2 is 1.67 bits per heavy atom. The molecule has 4 aromatic rings. The van der Waals surface area contributed by atoms with E-state index in [0.717, 1.165) is 16.7 Å². The molecular weight excluding hydrogens is 494 g/mol. The van der Waals surface area contributed by atoms with Crippen molar-refractivity contribution in [1.29, 1.82) is 0 Å². The first-order valence-corrected chi connectivity index (χ1v) is 12.6. The molecule has 1 atom stereocenters. The van der Waals surface area contributed by atoms with E-state index in [1.807, 2.05) is 71.0 Å². The van der Waals surface area contributed by atoms with Gasteiger partial charge in [0, 0.05) is 23.5 Å². The number of aryl methyl sites for hydroxylation is 2. The summed E-state index contributed by atoms with van der Waals surface area (Å²) in [6.07, 6.45) is 3.19. The predicted molar refractivity (Wildman–Crippen MR) is 148 cm³/mol. The van der Waals surface area contributed by atoms with Gasteiger partial charge in [-0.2, -0.15) is 4.80 Å². The number of hydrogen-bond acceptors (Lipinski definition) is 7. The standard InChI is InChI=1S/C29H33N7O3/c1-19-7-10-22(11-8-19)27-32-34-35(33-27)18-25(37)36(23-17-20(2)9-12-24(23)39-6)26(21-13-15-30-16-14-21)28(38)31-29(3,4)5/h7-17,26H,18H2,1-6H3,(H,31,38). The van der Waals surface area contributed by atoms with Crippen LogP contribution >= 0.6 is 0 Å². The number of nitrogens with one attached hydrogen (secondary N) is 1. The number of nitrogens with zero attached hydrogens (tertiary/aromatic N) is 6. The van der Waals surface area contributed by atoms with Crippen LogP contribution in [0, 0.1) is 13.8 Å². The van der Waals surface area contributed by atoms with Crippen molar-refractivity contribution in [3.63, 3.8) is 0 Å². The minimum atomic E-state index is -1.02. The lowest BCUT2D eigenvalue weighted by molar-refractivity contribution is -0.128. The molecule has 0 fully saturated rings. The molecule has 0 radical (unpaired) electrons. The number of ether oxygens (including phenoxy) is 1. The summed E-state index contributed by atoms with van der Waals surface area (Å²) in [5.41, 5.74) is 3.30. The number of anilines is 1. The first-order chi connectivity index (χ1) is 18.6. The quantitative estimate of drug-likeness (QED) is 0.368. The zero-order valence-electron chi connectivity index (χ0n) is 23.0. The highest BCUT2D eigenvalue weighted by molar-refractivity contribution is 6.02. The van der Waals surface area contributed by atoms with E-state index in [2.05, 4.69) is 25.7 Å². The average Bonchev–Trinajstić information content (AvgIpc) is 3.35. The lowest BCUT2D eigenvalue weighted by Gasteiger charge is -2.34. The topological polar surface area (TPSA) is 115 Å². The van der Waals surface area contributed by atoms with Crippen LogP contribution in [0.1, 0.15) is 43.5 Å². The van der Waals surface area contributed by atoms with Crippen LogP contribution in [0.2, 0.25) is 0 Å². The minimum Gasteiger partial charge on any atom is -0.495 e. The Morgan fingerprint density at radius 1 is 1.00 bits per heavy atom. The number of benzene rings is 2. The third kappa shape index (κ3) is 6.64. The maximum absolute atomic E-state index is 14.1. The highest BCUT2D eigenvalue weighted by atomic mass is 16.5. The van der Waals surface area contributed by atoms with E-state index in [1.165, 1.54) is 16.8 Å². The summed E-state index contributed by atoms with van der Waals surface area (Å²) in [6.45, 7) is 9.32. The molecule has 0 bridgehead atoms. The zero-order valence-corrected chi connectivity index (χ0v) is 23.0. The Hall–Kier alpha value is -4.60. The molecule has 1 unspecified atom stereocenters. The molecule has 10 nitrogen and oxygen atoms in total. The minimum absolute atomic E-state index is 0.250. The highest BCUT2D eigenvalue weighted by Crippen LogP contribution is 2.36. The van der Waals surface area contributed by atoms with Crippen molar-refractivity contribution >= 4 is 17.5 Å². The molecule has 2 heterocycles. The predicted octanol–water partition coefficient (Wildman–Crippen LogP) is 4.05. The van der Waals surface area contributed by atoms with Crippen LogP contribution in [0.3, 0.4) is 0 Å². The zero-order chi connectivity index (χ0) is 28.2. The summed E-state index contributed by atoms with van der Waals surface area (Å²) >= 11 is 0. The van der Waals surface area contributed by atoms with Crippen molar-refractivity contribution in [2.45, 2.75) is 52.7 Å². The molecule has 2 aromatic carbocycles. The van der Waals surface area contributed by atoms with Crippen molar-refractivity contribution < 1.29 is 14.3 Å². The van der Waals surface area contributed by atoms with Gasteiger partial charge in [-0.25, -0.2) is 0 Å². The number of carbonyl (C=O) groups excluding carboxylic acids is 2. The van der Waals surface area contributed by atoms with E-state index in [-0.39, 0.29) is 12.5 Å². The molecule has 1 N–H and O–H groups in total. The van der Waals surface area contributed by atoms with Crippen LogP contribution in [0.4, 0.5) is 5.69 Å². The first-order valence-electron chi connectivity index (χ1n) is 12.6. The number of amides is 2. The van der Waals surface area contributed by atoms with Crippen LogP contribution in [0.25, 0.3) is 11.4 Å². The fourth-order valence-corrected chi connectivity index (χ4v) is 4.13. The average molecular weight is 528 g/mol. The molecular formula is C29H33N7O3. The van der Waals surface area contributed by atoms with Gasteiger partial charge in [-0.1, -0.05) is 35.9 Å². The number of methoxy groups -OCH3 is 1. The molecule has 0 saturated carbocycles. The number of rotatable bonds is 8. The monoisotopic (exact) mass is 527 g/mol. The van der Waals surface area contributed by atoms with E-state index < -0.39 is 17.5 Å². The van der Waals surface area contributed by atoms with Crippen LogP contribution < -0.4 is 15.0 Å². The second-order valence-corrected chi connectivity index (χ2v) is 10.4. The third-order valence-corrected chi connectivity index (χ3v) is 5.93. The van der Waals surface area contributed by atoms with Gasteiger partial charge in [0.2, 0.25) is 11.7 Å². The molecule has 0 aliphatic carbocycles. The first kappa shape index (κ1) is 27.4. The van der Waals surface area contributed by atoms with Crippen molar-refractivity contribution in [2.24, 2.45) is 0 Å². The van der Waals surface area contributed by atoms with Crippen LogP contribution in [-0.2, 0) is 16.1 Å². The van der Waals surface area contributed by atoms with Gasteiger partial charge in [0.25, 0.3) is 5.91 Å². The highest BCUT2D eigenvalue weighted by Gasteiger charge is 2.36. The van der Waals surface area contributed by atoms with Crippen molar-refractivity contribution in [3.05, 3.63) is 83.7 Å². The lowest BCUT2D eigenvalue weighted by Crippen LogP contribution is -2.50. The molecule has 202 valence electrons. The number of hydrogen-bond donors (Lipinski definition) is 1. The van der Waals surface area contributed by atoms with Gasteiger partial charge in [-0.15, -0.1) is 10.2 Å². The summed E-state index contributed by atoms with van der Waals surface area (Å²) in [4.78, 5) is 34.7. The van der Waals surface area contributed by atoms with E-state index in [4.69, 9.17) is 4.74 Å². The van der Waals surface area contributed by atoms with E-state index >= 15 is 0 Å². The van der Waals surface area contributed by atoms with Gasteiger partial charge in [-0.05, 0) is 75.2 Å². The number of carbonyl (C=O) groups is 2. The number of tetrazole rings is 1. The van der Waals surface area contributed by atoms with Crippen LogP contribution in [0.15, 0.2) is 67.0 Å². The molecule has 10 heteroatoms. The van der Waals surface area contributed by atoms with Crippen molar-refractivity contribution in [3.8, 4) is 17.1 Å². The Morgan fingerprint density at radius 3 is 2.31 bits per heavy atom. The smallest absolute Gasteiger partial charge is 0.251 e. The summed E-state index contributed by atoms with van der Waals surface area (Å²) in [5.74, 6) is 0.0808. The Kier molecular flexibility index (Phi) is 8.04. The lowest BCUT2D eigenvalue weighted by atomic mass is 10.0. The van der Waals surface area contributed by atoms with Gasteiger partial charge in [0.05, 0.1) is 12.8 Å². The number of pyridine rings is 1. The fourth-order valence-electron chi connectivity index (χ4n) is 4.13. The summed E-state index contributed by atoms with van der Waals surface area (Å²) < 4.78 is 5.63. The molecule has 0 saturated heterocycles. The summed E-state index contributed by atoms with van der Waals surface area (Å²) in [5, 5.41) is 15.7. The van der Waals surface area contributed by atoms with E-state index in [0.29, 0.717) is 22.8 Å². The van der Waals surface area contributed by atoms with E-state index in [1.54, 1.807) is 30.6 Å². The summed E-state index contributed by atoms with van der Waals surface area (Å²) in [7, 11) is 1.53. The number of aromatic nitrogens is 5. The van der Waals surface area contributed by atoms with Gasteiger partial charge >= 0.3 is 0 Å². The largest absolute Gasteiger partial charge is 0.495 e. The van der Waals surface area contributed by atoms with Crippen molar-refractivity contribution in [1.82, 2.24) is 30.5 Å². The van der Waals surface area contributed by atoms with Crippen molar-refractivity contribution in [2.75, 3.05) is 12.0 Å². The van der Waals surface area contributed by atoms with Crippen LogP contribution in [0.5, 0.6) is 5.75 Å². The second-order valence-electron chi connectivity index (χ2n) is 10.4. The molecule has 0 aliphatic heterocycles. The van der Waals surface area contributed by atoms with Gasteiger partial charge in [-0.3, -0.25) is 19.5 Å². The normalized spacial score (nSPS) is 12.1. The maximum atomic E-state index is 14.1. The maximum Gasteiger partial charge on any atom is 0.251 e. The Balaban J connectivity index is 1.79. The van der Waals surface area contributed by atoms with Gasteiger partial charge in [0.1, 0.15) is 18.3 Å². The molecule has 2 aromatic heterocycles. The molecule has 0 spiro atoms. The second kappa shape index (κ2) is 11.4. The molecule has 0 aliphatic rings. The molecule has 4 rings (SSSR count). The Labute approximate surface area is 228 Å². The van der Waals surface area contributed by atoms with Gasteiger partial charge in [0.15, 0.2) is 0 Å². The third-order valence-electron chi connectivity index (χ3n) is 5.93. The van der Waals surface area contributed by atoms with Crippen LogP contribution in [-0.4, -0.2) is 49.7 Å². The Bertz CT molecular complexity index is 1440. The summed E-state index contributed by atoms with van der Waals surface area (Å²) in [6, 6.07) is 15.6. The van der Waals surface area contributed by atoms with Gasteiger partial charge < -0.3 is 10.1 Å². The molecule has 2 amide bonds. The fraction of sp³-hybridized carbons (Fsp3) is 0.310. The SMILES string of the molecule is COc1ccc(C)cc1N(C(=O)Cn1nnc(-c2ccc(C)cc2)n1)C(C(=O)NC(C)(C)C)c1ccncc1. The molecule has 39 heavy (non-hydrogen) atoms. The van der Waals surface area contributed by atoms with E-state index in [9.17, 15) is 9.59 Å².